The summed E-state index contributed by atoms with van der Waals surface area (Å²) < 4.78 is 42.8. The van der Waals surface area contributed by atoms with Crippen LogP contribution in [0, 0.1) is 0 Å². The third-order valence-corrected chi connectivity index (χ3v) is 9.89. The van der Waals surface area contributed by atoms with Crippen molar-refractivity contribution in [3.8, 4) is 0 Å². The highest BCUT2D eigenvalue weighted by Crippen LogP contribution is 2.45. The highest BCUT2D eigenvalue weighted by Gasteiger charge is 2.54. The van der Waals surface area contributed by atoms with E-state index in [1.807, 2.05) is 27.7 Å². The molecule has 0 fully saturated rings. The van der Waals surface area contributed by atoms with Gasteiger partial charge in [0, 0.05) is 13.5 Å². The Labute approximate surface area is 202 Å². The van der Waals surface area contributed by atoms with Gasteiger partial charge in [-0.1, -0.05) is 23.0 Å². The maximum atomic E-state index is 13.2. The Balaban J connectivity index is 4.74. The SMILES string of the molecule is CCCOC(CO)C(O)C(C)(OCCC)[P+](=O)CCCCC[P+](=O)C(C)(C)COC(C)CO. The van der Waals surface area contributed by atoms with E-state index in [1.54, 1.807) is 13.8 Å². The Bertz CT molecular complexity index is 561. The molecule has 0 aliphatic rings. The van der Waals surface area contributed by atoms with E-state index in [2.05, 4.69) is 0 Å². The zero-order valence-corrected chi connectivity index (χ0v) is 23.3. The number of rotatable bonds is 21. The smallest absolute Gasteiger partial charge is 0.376 e. The predicted molar refractivity (Wildman–Crippen MR) is 133 cm³/mol. The molecule has 33 heavy (non-hydrogen) atoms. The van der Waals surface area contributed by atoms with Crippen LogP contribution in [-0.4, -0.2) is 89.5 Å². The lowest BCUT2D eigenvalue weighted by Crippen LogP contribution is -2.49. The Morgan fingerprint density at radius 1 is 0.848 bits per heavy atom. The van der Waals surface area contributed by atoms with E-state index in [0.29, 0.717) is 45.0 Å². The Morgan fingerprint density at radius 3 is 1.94 bits per heavy atom. The highest BCUT2D eigenvalue weighted by atomic mass is 31.1. The summed E-state index contributed by atoms with van der Waals surface area (Å²) >= 11 is 0. The van der Waals surface area contributed by atoms with Crippen LogP contribution in [-0.2, 0) is 23.3 Å². The molecule has 0 saturated heterocycles. The molecule has 0 heterocycles. The number of unbranched alkanes of at least 4 members (excludes halogenated alkanes) is 2. The number of aliphatic hydroxyl groups is 3. The van der Waals surface area contributed by atoms with Crippen molar-refractivity contribution >= 4 is 15.6 Å². The molecule has 0 spiro atoms. The lowest BCUT2D eigenvalue weighted by atomic mass is 10.1. The molecule has 0 aromatic rings. The summed E-state index contributed by atoms with van der Waals surface area (Å²) in [5.74, 6) is 0. The molecular formula is C23H48O8P2+2. The van der Waals surface area contributed by atoms with Crippen LogP contribution in [0.15, 0.2) is 0 Å². The zero-order chi connectivity index (χ0) is 25.5. The van der Waals surface area contributed by atoms with Gasteiger partial charge >= 0.3 is 15.6 Å². The van der Waals surface area contributed by atoms with Gasteiger partial charge in [0.05, 0.1) is 32.5 Å². The summed E-state index contributed by atoms with van der Waals surface area (Å²) in [6.45, 7) is 11.7. The maximum Gasteiger partial charge on any atom is 0.376 e. The van der Waals surface area contributed by atoms with Crippen LogP contribution in [0.1, 0.15) is 73.6 Å². The van der Waals surface area contributed by atoms with Crippen LogP contribution < -0.4 is 0 Å². The van der Waals surface area contributed by atoms with Gasteiger partial charge in [-0.05, 0) is 52.9 Å². The second-order valence-corrected chi connectivity index (χ2v) is 13.8. The largest absolute Gasteiger partial charge is 0.394 e. The van der Waals surface area contributed by atoms with Gasteiger partial charge < -0.3 is 29.5 Å². The molecule has 0 amide bonds. The predicted octanol–water partition coefficient (Wildman–Crippen LogP) is 4.28. The molecule has 0 rings (SSSR count). The van der Waals surface area contributed by atoms with Crippen LogP contribution in [0.2, 0.25) is 0 Å². The minimum Gasteiger partial charge on any atom is -0.394 e. The third-order valence-electron chi connectivity index (χ3n) is 5.59. The first-order valence-corrected chi connectivity index (χ1v) is 15.1. The topological polar surface area (TPSA) is 123 Å². The third kappa shape index (κ3) is 12.0. The molecule has 0 radical (unpaired) electrons. The molecule has 3 N–H and O–H groups in total. The van der Waals surface area contributed by atoms with Gasteiger partial charge in [-0.25, -0.2) is 0 Å². The van der Waals surface area contributed by atoms with E-state index in [4.69, 9.17) is 19.3 Å². The van der Waals surface area contributed by atoms with Gasteiger partial charge in [0.15, 0.2) is 11.3 Å². The first-order valence-electron chi connectivity index (χ1n) is 12.2. The molecule has 6 unspecified atom stereocenters. The summed E-state index contributed by atoms with van der Waals surface area (Å²) in [7, 11) is -3.42. The standard InChI is InChI=1S/C23H48O8P2/c1-7-12-29-20(17-25)21(26)23(6,31-13-8-2)33(28)15-11-9-10-14-32(27)22(4,5)18-30-19(3)16-24/h19-21,24-26H,7-18H2,1-6H3/q+2. The molecule has 0 aliphatic heterocycles. The number of hydrogen-bond donors (Lipinski definition) is 3. The Kier molecular flexibility index (Phi) is 17.4. The van der Waals surface area contributed by atoms with Crippen LogP contribution in [0.3, 0.4) is 0 Å². The zero-order valence-electron chi connectivity index (χ0n) is 21.5. The molecule has 10 heteroatoms. The minimum absolute atomic E-state index is 0.0651. The summed E-state index contributed by atoms with van der Waals surface area (Å²) in [6, 6.07) is 0. The minimum atomic E-state index is -1.93. The van der Waals surface area contributed by atoms with Crippen LogP contribution in [0.25, 0.3) is 0 Å². The van der Waals surface area contributed by atoms with Crippen LogP contribution >= 0.6 is 15.6 Å². The van der Waals surface area contributed by atoms with Crippen molar-refractivity contribution in [2.75, 3.05) is 45.4 Å². The van der Waals surface area contributed by atoms with E-state index < -0.39 is 38.3 Å². The van der Waals surface area contributed by atoms with E-state index in [9.17, 15) is 19.3 Å². The summed E-state index contributed by atoms with van der Waals surface area (Å²) in [4.78, 5) is 0. The Morgan fingerprint density at radius 2 is 1.42 bits per heavy atom. The summed E-state index contributed by atoms with van der Waals surface area (Å²) in [5, 5.41) is 27.8. The number of aliphatic hydroxyl groups excluding tert-OH is 3. The molecule has 8 nitrogen and oxygen atoms in total. The van der Waals surface area contributed by atoms with Crippen molar-refractivity contribution in [3.63, 3.8) is 0 Å². The highest BCUT2D eigenvalue weighted by molar-refractivity contribution is 7.46. The summed E-state index contributed by atoms with van der Waals surface area (Å²) in [5.41, 5.74) is 0. The van der Waals surface area contributed by atoms with Crippen molar-refractivity contribution in [1.82, 2.24) is 0 Å². The van der Waals surface area contributed by atoms with Gasteiger partial charge in [-0.3, -0.25) is 0 Å². The van der Waals surface area contributed by atoms with Gasteiger partial charge in [0.1, 0.15) is 18.4 Å². The van der Waals surface area contributed by atoms with E-state index in [-0.39, 0.29) is 19.3 Å². The lowest BCUT2D eigenvalue weighted by Gasteiger charge is -2.30. The summed E-state index contributed by atoms with van der Waals surface area (Å²) in [6.07, 6.45) is 2.22. The van der Waals surface area contributed by atoms with Crippen LogP contribution in [0.5, 0.6) is 0 Å². The van der Waals surface area contributed by atoms with Crippen molar-refractivity contribution in [3.05, 3.63) is 0 Å². The van der Waals surface area contributed by atoms with Gasteiger partial charge in [-0.2, -0.15) is 0 Å². The van der Waals surface area contributed by atoms with Gasteiger partial charge in [0.2, 0.25) is 0 Å². The first-order chi connectivity index (χ1) is 15.5. The second kappa shape index (κ2) is 17.4. The molecule has 0 aromatic heterocycles. The average molecular weight is 515 g/mol. The average Bonchev–Trinajstić information content (AvgIpc) is 2.80. The molecule has 0 saturated carbocycles. The fourth-order valence-corrected chi connectivity index (χ4v) is 6.14. The molecule has 196 valence electrons. The quantitative estimate of drug-likeness (QED) is 0.153. The van der Waals surface area contributed by atoms with Gasteiger partial charge in [-0.15, -0.1) is 0 Å². The first kappa shape index (κ1) is 33.0. The van der Waals surface area contributed by atoms with Crippen molar-refractivity contribution in [2.24, 2.45) is 0 Å². The lowest BCUT2D eigenvalue weighted by molar-refractivity contribution is -0.136. The van der Waals surface area contributed by atoms with Crippen LogP contribution in [0.4, 0.5) is 0 Å². The van der Waals surface area contributed by atoms with E-state index >= 15 is 0 Å². The maximum absolute atomic E-state index is 13.2. The van der Waals surface area contributed by atoms with Crippen molar-refractivity contribution < 1.29 is 38.7 Å². The monoisotopic (exact) mass is 514 g/mol. The normalized spacial score (nSPS) is 17.8. The van der Waals surface area contributed by atoms with E-state index in [1.165, 1.54) is 0 Å². The van der Waals surface area contributed by atoms with Crippen molar-refractivity contribution in [1.29, 1.82) is 0 Å². The fraction of sp³-hybridized carbons (Fsp3) is 1.00. The molecular weight excluding hydrogens is 466 g/mol. The second-order valence-electron chi connectivity index (χ2n) is 9.32. The van der Waals surface area contributed by atoms with Gasteiger partial charge in [0.25, 0.3) is 5.34 Å². The Hall–Kier alpha value is -0.0400. The molecule has 6 atom stereocenters. The molecule has 0 aliphatic carbocycles. The molecule has 0 aromatic carbocycles. The fourth-order valence-electron chi connectivity index (χ4n) is 3.15. The number of ether oxygens (including phenoxy) is 3. The molecule has 0 bridgehead atoms. The van der Waals surface area contributed by atoms with E-state index in [0.717, 1.165) is 19.3 Å². The number of hydrogen-bond acceptors (Lipinski definition) is 8. The van der Waals surface area contributed by atoms with Crippen molar-refractivity contribution in [2.45, 2.75) is 102 Å².